The van der Waals surface area contributed by atoms with Gasteiger partial charge < -0.3 is 15.0 Å². The molecule has 1 saturated heterocycles. The van der Waals surface area contributed by atoms with Crippen LogP contribution in [-0.2, 0) is 16.9 Å². The highest BCUT2D eigenvalue weighted by atomic mass is 35.5. The molecule has 0 aliphatic carbocycles. The molecule has 0 bridgehead atoms. The molecule has 7 nitrogen and oxygen atoms in total. The summed E-state index contributed by atoms with van der Waals surface area (Å²) < 4.78 is 59.3. The van der Waals surface area contributed by atoms with Crippen LogP contribution in [-0.4, -0.2) is 50.2 Å². The molecule has 0 unspecified atom stereocenters. The van der Waals surface area contributed by atoms with Crippen LogP contribution in [0.2, 0.25) is 10.0 Å². The van der Waals surface area contributed by atoms with Crippen LogP contribution in [0.15, 0.2) is 54.6 Å². The van der Waals surface area contributed by atoms with Gasteiger partial charge in [-0.2, -0.15) is 13.2 Å². The number of carboxylic acid groups (broad SMARTS) is 1. The van der Waals surface area contributed by atoms with Gasteiger partial charge >= 0.3 is 12.1 Å². The second-order valence-electron chi connectivity index (χ2n) is 11.1. The van der Waals surface area contributed by atoms with Gasteiger partial charge in [0.05, 0.1) is 28.0 Å². The fraction of sp³-hybridized carbons (Fsp3) is 0.300. The molecule has 7 rings (SSSR count). The van der Waals surface area contributed by atoms with E-state index in [2.05, 4.69) is 5.32 Å². The van der Waals surface area contributed by atoms with Crippen LogP contribution in [0.5, 0.6) is 0 Å². The van der Waals surface area contributed by atoms with Gasteiger partial charge in [-0.15, -0.1) is 0 Å². The van der Waals surface area contributed by atoms with Crippen molar-refractivity contribution in [1.82, 2.24) is 14.5 Å². The number of hydrogen-bond donors (Lipinski definition) is 2. The van der Waals surface area contributed by atoms with Gasteiger partial charge in [0.1, 0.15) is 17.2 Å². The molecule has 13 heteroatoms. The van der Waals surface area contributed by atoms with Crippen molar-refractivity contribution in [2.24, 2.45) is 0 Å². The predicted octanol–water partition coefficient (Wildman–Crippen LogP) is 6.94. The highest BCUT2D eigenvalue weighted by Gasteiger charge is 2.68. The van der Waals surface area contributed by atoms with Gasteiger partial charge in [-0.1, -0.05) is 41.4 Å². The summed E-state index contributed by atoms with van der Waals surface area (Å²) in [7, 11) is 0. The van der Waals surface area contributed by atoms with Gasteiger partial charge in [0, 0.05) is 47.2 Å². The number of hydrogen-bond acceptors (Lipinski definition) is 4. The van der Waals surface area contributed by atoms with Crippen molar-refractivity contribution in [3.63, 3.8) is 0 Å². The Morgan fingerprint density at radius 1 is 1.14 bits per heavy atom. The van der Waals surface area contributed by atoms with E-state index in [0.29, 0.717) is 46.1 Å². The molecule has 1 fully saturated rings. The average molecular weight is 633 g/mol. The third kappa shape index (κ3) is 4.08. The first kappa shape index (κ1) is 28.1. The zero-order chi connectivity index (χ0) is 30.4. The van der Waals surface area contributed by atoms with Gasteiger partial charge in [0.15, 0.2) is 0 Å². The van der Waals surface area contributed by atoms with Crippen LogP contribution in [0, 0.1) is 5.82 Å². The lowest BCUT2D eigenvalue weighted by Crippen LogP contribution is -2.53. The van der Waals surface area contributed by atoms with Gasteiger partial charge in [-0.05, 0) is 48.4 Å². The summed E-state index contributed by atoms with van der Waals surface area (Å²) >= 11 is 12.5. The lowest BCUT2D eigenvalue weighted by molar-refractivity contribution is -0.146. The van der Waals surface area contributed by atoms with Crippen LogP contribution < -0.4 is 5.32 Å². The number of amides is 1. The van der Waals surface area contributed by atoms with E-state index >= 15 is 4.39 Å². The number of aryl methyl sites for hydroxylation is 1. The van der Waals surface area contributed by atoms with Crippen molar-refractivity contribution in [2.75, 3.05) is 11.9 Å². The van der Waals surface area contributed by atoms with Gasteiger partial charge in [-0.3, -0.25) is 9.69 Å². The number of carbonyl (C=O) groups excluding carboxylic acids is 1. The van der Waals surface area contributed by atoms with Crippen LogP contribution in [0.25, 0.3) is 11.0 Å². The monoisotopic (exact) mass is 632 g/mol. The minimum Gasteiger partial charge on any atom is -0.478 e. The van der Waals surface area contributed by atoms with E-state index in [1.165, 1.54) is 30.3 Å². The number of fused-ring (bicyclic) bond motifs is 7. The van der Waals surface area contributed by atoms with Crippen molar-refractivity contribution in [2.45, 2.75) is 49.0 Å². The van der Waals surface area contributed by atoms with Gasteiger partial charge in [-0.25, -0.2) is 14.2 Å². The second-order valence-corrected chi connectivity index (χ2v) is 11.9. The molecule has 222 valence electrons. The Kier molecular flexibility index (Phi) is 6.32. The molecule has 0 saturated carbocycles. The Hall–Kier alpha value is -3.67. The molecular formula is C30H22Cl2F4N4O3. The Labute approximate surface area is 252 Å². The average Bonchev–Trinajstić information content (AvgIpc) is 3.55. The van der Waals surface area contributed by atoms with E-state index < -0.39 is 60.3 Å². The van der Waals surface area contributed by atoms with E-state index in [-0.39, 0.29) is 16.1 Å². The van der Waals surface area contributed by atoms with E-state index in [1.807, 2.05) is 4.57 Å². The minimum absolute atomic E-state index is 0.0209. The fourth-order valence-corrected chi connectivity index (χ4v) is 7.81. The molecule has 1 amide bonds. The quantitative estimate of drug-likeness (QED) is 0.238. The number of nitrogens with one attached hydrogen (secondary N) is 1. The number of carboxylic acids is 1. The highest BCUT2D eigenvalue weighted by molar-refractivity contribution is 6.31. The smallest absolute Gasteiger partial charge is 0.390 e. The first-order chi connectivity index (χ1) is 20.4. The number of benzene rings is 3. The molecule has 1 aromatic heterocycles. The number of halogens is 6. The predicted molar refractivity (Wildman–Crippen MR) is 151 cm³/mol. The maximum absolute atomic E-state index is 16.1. The largest absolute Gasteiger partial charge is 0.478 e. The van der Waals surface area contributed by atoms with E-state index in [9.17, 15) is 27.9 Å². The molecule has 1 spiro atoms. The highest BCUT2D eigenvalue weighted by Crippen LogP contribution is 2.64. The molecule has 3 aromatic carbocycles. The summed E-state index contributed by atoms with van der Waals surface area (Å²) in [6.45, 7) is -0.180. The lowest BCUT2D eigenvalue weighted by atomic mass is 9.70. The summed E-state index contributed by atoms with van der Waals surface area (Å²) in [4.78, 5) is 32.4. The molecule has 4 atom stereocenters. The van der Waals surface area contributed by atoms with Crippen molar-refractivity contribution in [3.05, 3.63) is 93.0 Å². The Morgan fingerprint density at radius 3 is 2.67 bits per heavy atom. The normalized spacial score (nSPS) is 24.7. The van der Waals surface area contributed by atoms with Crippen molar-refractivity contribution in [1.29, 1.82) is 0 Å². The first-order valence-electron chi connectivity index (χ1n) is 13.5. The Bertz CT molecular complexity index is 1840. The maximum Gasteiger partial charge on any atom is 0.390 e. The molecule has 0 radical (unpaired) electrons. The van der Waals surface area contributed by atoms with Crippen LogP contribution in [0.1, 0.15) is 52.0 Å². The summed E-state index contributed by atoms with van der Waals surface area (Å²) in [5.41, 5.74) is 0.0699. The molecule has 4 aromatic rings. The number of anilines is 1. The second kappa shape index (κ2) is 9.67. The number of alkyl halides is 3. The zero-order valence-corrected chi connectivity index (χ0v) is 23.6. The Balaban J connectivity index is 1.54. The van der Waals surface area contributed by atoms with Crippen molar-refractivity contribution >= 4 is 51.8 Å². The molecule has 4 heterocycles. The summed E-state index contributed by atoms with van der Waals surface area (Å²) in [5, 5.41) is 12.5. The number of aromatic nitrogens is 2. The van der Waals surface area contributed by atoms with E-state index in [0.717, 1.165) is 0 Å². The van der Waals surface area contributed by atoms with Gasteiger partial charge in [0.25, 0.3) is 0 Å². The standard InChI is InChI=1S/C30H22Cl2F4N4O3/c31-15-5-6-17-19(13-15)38-28(43)30(17)24(16-2-1-3-18(32)25(16)33)23-22(40(30)11-9-29(34,35)36)8-10-39-21-7-4-14(27(41)42)12-20(21)37-26(23)39/h1-7,12-13,22-24H,8-11H2,(H,38,43)(H,41,42)/t22-,23+,24-,30+/m0/s1. The number of nitrogens with zero attached hydrogens (tertiary/aromatic N) is 3. The number of aromatic carboxylic acids is 1. The van der Waals surface area contributed by atoms with Crippen LogP contribution in [0.4, 0.5) is 23.2 Å². The first-order valence-corrected chi connectivity index (χ1v) is 14.3. The molecule has 3 aliphatic heterocycles. The Morgan fingerprint density at radius 2 is 1.93 bits per heavy atom. The summed E-state index contributed by atoms with van der Waals surface area (Å²) in [6.07, 6.45) is -5.39. The topological polar surface area (TPSA) is 87.5 Å². The third-order valence-electron chi connectivity index (χ3n) is 8.99. The maximum atomic E-state index is 16.1. The van der Waals surface area contributed by atoms with Crippen LogP contribution in [0.3, 0.4) is 0 Å². The third-order valence-corrected chi connectivity index (χ3v) is 9.51. The number of carbonyl (C=O) groups is 2. The van der Waals surface area contributed by atoms with Crippen molar-refractivity contribution in [3.8, 4) is 0 Å². The summed E-state index contributed by atoms with van der Waals surface area (Å²) in [6, 6.07) is 13.0. The molecular weight excluding hydrogens is 611 g/mol. The molecule has 3 aliphatic rings. The van der Waals surface area contributed by atoms with Crippen LogP contribution >= 0.6 is 23.2 Å². The fourth-order valence-electron chi connectivity index (χ4n) is 7.46. The molecule has 43 heavy (non-hydrogen) atoms. The van der Waals surface area contributed by atoms with Crippen molar-refractivity contribution < 1.29 is 32.3 Å². The number of likely N-dealkylation sites (tertiary alicyclic amines) is 1. The number of rotatable bonds is 4. The van der Waals surface area contributed by atoms with E-state index in [1.54, 1.807) is 29.2 Å². The van der Waals surface area contributed by atoms with Gasteiger partial charge in [0.2, 0.25) is 5.91 Å². The minimum atomic E-state index is -4.52. The summed E-state index contributed by atoms with van der Waals surface area (Å²) in [5.74, 6) is -3.89. The zero-order valence-electron chi connectivity index (χ0n) is 22.1. The lowest BCUT2D eigenvalue weighted by Gasteiger charge is -2.40. The number of imidazole rings is 1. The SMILES string of the molecule is O=C(O)c1ccc2c(c1)nc1n2CC[C@H]2[C@@H]1[C@H](c1cccc(Cl)c1F)[C@]1(C(=O)Nc3cc(Cl)ccc31)N2CCC(F)(F)F. The van der Waals surface area contributed by atoms with E-state index in [4.69, 9.17) is 28.2 Å². The molecule has 2 N–H and O–H groups in total.